The van der Waals surface area contributed by atoms with Crippen molar-refractivity contribution in [2.45, 2.75) is 20.8 Å². The number of hydrogen-bond acceptors (Lipinski definition) is 3. The second-order valence-corrected chi connectivity index (χ2v) is 5.35. The number of anilines is 1. The second-order valence-electron chi connectivity index (χ2n) is 5.35. The maximum Gasteiger partial charge on any atom is 0.248 e. The van der Waals surface area contributed by atoms with Crippen LogP contribution in [0.4, 0.5) is 10.1 Å². The van der Waals surface area contributed by atoms with Gasteiger partial charge in [-0.25, -0.2) is 4.39 Å². The van der Waals surface area contributed by atoms with Gasteiger partial charge in [-0.2, -0.15) is 0 Å². The Morgan fingerprint density at radius 3 is 2.48 bits per heavy atom. The third kappa shape index (κ3) is 5.35. The smallest absolute Gasteiger partial charge is 0.248 e. The van der Waals surface area contributed by atoms with E-state index in [1.54, 1.807) is 19.1 Å². The van der Waals surface area contributed by atoms with E-state index in [1.165, 1.54) is 18.2 Å². The van der Waals surface area contributed by atoms with E-state index in [0.29, 0.717) is 36.0 Å². The maximum absolute atomic E-state index is 13.1. The van der Waals surface area contributed by atoms with Gasteiger partial charge in [-0.05, 0) is 68.3 Å². The Bertz CT molecular complexity index is 772. The largest absolute Gasteiger partial charge is 0.490 e. The maximum atomic E-state index is 13.1. The van der Waals surface area contributed by atoms with Crippen molar-refractivity contribution in [1.82, 2.24) is 0 Å². The number of rotatable bonds is 7. The lowest BCUT2D eigenvalue weighted by Gasteiger charge is -2.11. The molecule has 0 fully saturated rings. The number of nitrogens with one attached hydrogen (secondary N) is 1. The molecule has 0 atom stereocenters. The lowest BCUT2D eigenvalue weighted by Crippen LogP contribution is -2.09. The Kier molecular flexibility index (Phi) is 6.57. The van der Waals surface area contributed by atoms with Crippen molar-refractivity contribution in [2.75, 3.05) is 18.5 Å². The van der Waals surface area contributed by atoms with E-state index < -0.39 is 0 Å². The van der Waals surface area contributed by atoms with Crippen molar-refractivity contribution >= 4 is 17.7 Å². The number of amides is 1. The summed E-state index contributed by atoms with van der Waals surface area (Å²) in [7, 11) is 0. The van der Waals surface area contributed by atoms with E-state index in [0.717, 1.165) is 5.56 Å². The molecule has 0 aromatic heterocycles. The molecule has 1 N–H and O–H groups in total. The van der Waals surface area contributed by atoms with Gasteiger partial charge in [0.15, 0.2) is 11.5 Å². The molecule has 2 aromatic rings. The Balaban J connectivity index is 2.09. The van der Waals surface area contributed by atoms with Crippen LogP contribution in [0.2, 0.25) is 0 Å². The van der Waals surface area contributed by atoms with Gasteiger partial charge in [0.1, 0.15) is 5.82 Å². The fraction of sp³-hybridized carbons (Fsp3) is 0.250. The van der Waals surface area contributed by atoms with Crippen LogP contribution < -0.4 is 14.8 Å². The van der Waals surface area contributed by atoms with Crippen molar-refractivity contribution in [3.8, 4) is 11.5 Å². The van der Waals surface area contributed by atoms with Gasteiger partial charge < -0.3 is 14.8 Å². The molecular formula is C20H22FNO3. The topological polar surface area (TPSA) is 47.6 Å². The van der Waals surface area contributed by atoms with E-state index in [4.69, 9.17) is 9.47 Å². The van der Waals surface area contributed by atoms with Crippen LogP contribution in [-0.4, -0.2) is 19.1 Å². The number of carbonyl (C=O) groups excluding carboxylic acids is 1. The Labute approximate surface area is 147 Å². The number of hydrogen-bond donors (Lipinski definition) is 1. The molecule has 0 radical (unpaired) electrons. The standard InChI is InChI=1S/C20H22FNO3/c1-4-24-18-10-6-15(13-19(18)25-5-2)7-11-20(23)22-17-9-8-16(21)12-14(17)3/h6-13H,4-5H2,1-3H3,(H,22,23)/b11-7+. The molecule has 0 heterocycles. The molecule has 0 saturated heterocycles. The molecule has 0 unspecified atom stereocenters. The molecule has 0 aliphatic carbocycles. The van der Waals surface area contributed by atoms with Crippen LogP contribution in [0.1, 0.15) is 25.0 Å². The van der Waals surface area contributed by atoms with E-state index in [-0.39, 0.29) is 11.7 Å². The SMILES string of the molecule is CCOc1ccc(/C=C/C(=O)Nc2ccc(F)cc2C)cc1OCC. The molecule has 0 aliphatic rings. The third-order valence-electron chi connectivity index (χ3n) is 3.44. The Morgan fingerprint density at radius 1 is 1.08 bits per heavy atom. The van der Waals surface area contributed by atoms with Gasteiger partial charge in [0, 0.05) is 11.8 Å². The molecule has 2 aromatic carbocycles. The van der Waals surface area contributed by atoms with Crippen molar-refractivity contribution in [2.24, 2.45) is 0 Å². The van der Waals surface area contributed by atoms with Crippen LogP contribution >= 0.6 is 0 Å². The van der Waals surface area contributed by atoms with Crippen molar-refractivity contribution in [3.63, 3.8) is 0 Å². The molecule has 25 heavy (non-hydrogen) atoms. The van der Waals surface area contributed by atoms with E-state index in [1.807, 2.05) is 32.0 Å². The molecule has 0 saturated carbocycles. The van der Waals surface area contributed by atoms with E-state index in [9.17, 15) is 9.18 Å². The summed E-state index contributed by atoms with van der Waals surface area (Å²) in [5, 5.41) is 2.73. The highest BCUT2D eigenvalue weighted by Crippen LogP contribution is 2.29. The van der Waals surface area contributed by atoms with Gasteiger partial charge in [-0.1, -0.05) is 6.07 Å². The first-order valence-corrected chi connectivity index (χ1v) is 8.18. The van der Waals surface area contributed by atoms with Gasteiger partial charge >= 0.3 is 0 Å². The molecular weight excluding hydrogens is 321 g/mol. The van der Waals surface area contributed by atoms with Gasteiger partial charge in [-0.3, -0.25) is 4.79 Å². The lowest BCUT2D eigenvalue weighted by molar-refractivity contribution is -0.111. The van der Waals surface area contributed by atoms with Crippen LogP contribution in [0.25, 0.3) is 6.08 Å². The van der Waals surface area contributed by atoms with Crippen molar-refractivity contribution < 1.29 is 18.7 Å². The zero-order chi connectivity index (χ0) is 18.2. The summed E-state index contributed by atoms with van der Waals surface area (Å²) in [5.74, 6) is 0.694. The molecule has 2 rings (SSSR count). The second kappa shape index (κ2) is 8.87. The minimum Gasteiger partial charge on any atom is -0.490 e. The minimum absolute atomic E-state index is 0.290. The summed E-state index contributed by atoms with van der Waals surface area (Å²) in [6.45, 7) is 6.62. The number of carbonyl (C=O) groups is 1. The number of benzene rings is 2. The molecule has 132 valence electrons. The summed E-state index contributed by atoms with van der Waals surface area (Å²) in [6.07, 6.45) is 3.11. The number of ether oxygens (including phenoxy) is 2. The van der Waals surface area contributed by atoms with Gasteiger partial charge in [0.2, 0.25) is 5.91 Å². The zero-order valence-electron chi connectivity index (χ0n) is 14.6. The highest BCUT2D eigenvalue weighted by molar-refractivity contribution is 6.02. The van der Waals surface area contributed by atoms with Crippen LogP contribution in [0.5, 0.6) is 11.5 Å². The first-order valence-electron chi connectivity index (χ1n) is 8.18. The summed E-state index contributed by atoms with van der Waals surface area (Å²) >= 11 is 0. The molecule has 0 aliphatic heterocycles. The Morgan fingerprint density at radius 2 is 1.80 bits per heavy atom. The van der Waals surface area contributed by atoms with Gasteiger partial charge in [0.05, 0.1) is 13.2 Å². The van der Waals surface area contributed by atoms with E-state index in [2.05, 4.69) is 5.32 Å². The highest BCUT2D eigenvalue weighted by atomic mass is 19.1. The minimum atomic E-state index is -0.330. The molecule has 5 heteroatoms. The van der Waals surface area contributed by atoms with Gasteiger partial charge in [-0.15, -0.1) is 0 Å². The fourth-order valence-corrected chi connectivity index (χ4v) is 2.29. The predicted molar refractivity (Wildman–Crippen MR) is 97.6 cm³/mol. The molecule has 0 spiro atoms. The van der Waals surface area contributed by atoms with Crippen LogP contribution in [0.15, 0.2) is 42.5 Å². The lowest BCUT2D eigenvalue weighted by atomic mass is 10.1. The van der Waals surface area contributed by atoms with Crippen molar-refractivity contribution in [1.29, 1.82) is 0 Å². The quantitative estimate of drug-likeness (QED) is 0.748. The Hall–Kier alpha value is -2.82. The normalized spacial score (nSPS) is 10.7. The molecule has 1 amide bonds. The number of halogens is 1. The average Bonchev–Trinajstić information content (AvgIpc) is 2.58. The summed E-state index contributed by atoms with van der Waals surface area (Å²) in [5.41, 5.74) is 2.07. The third-order valence-corrected chi connectivity index (χ3v) is 3.44. The van der Waals surface area contributed by atoms with Crippen LogP contribution in [0, 0.1) is 12.7 Å². The summed E-state index contributed by atoms with van der Waals surface area (Å²) < 4.78 is 24.2. The fourth-order valence-electron chi connectivity index (χ4n) is 2.29. The average molecular weight is 343 g/mol. The van der Waals surface area contributed by atoms with Crippen LogP contribution in [-0.2, 0) is 4.79 Å². The first kappa shape index (κ1) is 18.5. The zero-order valence-corrected chi connectivity index (χ0v) is 14.6. The summed E-state index contributed by atoms with van der Waals surface area (Å²) in [6, 6.07) is 9.71. The predicted octanol–water partition coefficient (Wildman–Crippen LogP) is 4.58. The number of aryl methyl sites for hydroxylation is 1. The molecule has 4 nitrogen and oxygen atoms in total. The molecule has 0 bridgehead atoms. The summed E-state index contributed by atoms with van der Waals surface area (Å²) in [4.78, 5) is 12.1. The van der Waals surface area contributed by atoms with Crippen LogP contribution in [0.3, 0.4) is 0 Å². The van der Waals surface area contributed by atoms with Crippen molar-refractivity contribution in [3.05, 3.63) is 59.4 Å². The highest BCUT2D eigenvalue weighted by Gasteiger charge is 2.06. The first-order chi connectivity index (χ1) is 12.0. The van der Waals surface area contributed by atoms with E-state index >= 15 is 0 Å². The van der Waals surface area contributed by atoms with Gasteiger partial charge in [0.25, 0.3) is 0 Å². The monoisotopic (exact) mass is 343 g/mol.